The average Bonchev–Trinajstić information content (AvgIpc) is 2.69. The van der Waals surface area contributed by atoms with Crippen LogP contribution in [0.5, 0.6) is 5.75 Å². The average molecular weight is 356 g/mol. The van der Waals surface area contributed by atoms with Crippen molar-refractivity contribution >= 4 is 29.1 Å². The third-order valence-electron chi connectivity index (χ3n) is 5.00. The monoisotopic (exact) mass is 355 g/mol. The first kappa shape index (κ1) is 16.9. The molecule has 23 heavy (non-hydrogen) atoms. The number of hydrogen-bond acceptors (Lipinski definition) is 2. The molecule has 0 unspecified atom stereocenters. The highest BCUT2D eigenvalue weighted by atomic mass is 35.5. The molecule has 0 aromatic heterocycles. The summed E-state index contributed by atoms with van der Waals surface area (Å²) in [5, 5.41) is 0.790. The van der Waals surface area contributed by atoms with Crippen LogP contribution in [0.1, 0.15) is 40.0 Å². The maximum absolute atomic E-state index is 12.6. The molecular formula is C18H23Cl2NO2. The summed E-state index contributed by atoms with van der Waals surface area (Å²) >= 11 is 12.1. The molecule has 0 spiro atoms. The predicted octanol–water partition coefficient (Wildman–Crippen LogP) is 4.80. The van der Waals surface area contributed by atoms with Gasteiger partial charge >= 0.3 is 0 Å². The summed E-state index contributed by atoms with van der Waals surface area (Å²) in [6, 6.07) is 5.52. The minimum absolute atomic E-state index is 0.00701. The number of nitrogens with zero attached hydrogens (tertiary/aromatic N) is 1. The van der Waals surface area contributed by atoms with Gasteiger partial charge in [-0.25, -0.2) is 0 Å². The standard InChI is InChI=1S/C18H23Cl2NO2/c1-17(2)7-12-8-18(3,10-17)11-21(12)15(22)9-23-14-6-4-5-13(19)16(14)20/h4-6,12H,7-11H2,1-3H3/t12-,18+/m1/s1. The van der Waals surface area contributed by atoms with Gasteiger partial charge in [-0.15, -0.1) is 0 Å². The van der Waals surface area contributed by atoms with Crippen molar-refractivity contribution in [3.8, 4) is 5.75 Å². The van der Waals surface area contributed by atoms with Gasteiger partial charge in [0, 0.05) is 12.6 Å². The van der Waals surface area contributed by atoms with Crippen LogP contribution in [-0.2, 0) is 4.79 Å². The number of fused-ring (bicyclic) bond motifs is 2. The van der Waals surface area contributed by atoms with Crippen LogP contribution in [0, 0.1) is 10.8 Å². The van der Waals surface area contributed by atoms with Crippen molar-refractivity contribution in [1.29, 1.82) is 0 Å². The molecule has 2 fully saturated rings. The van der Waals surface area contributed by atoms with Crippen molar-refractivity contribution in [1.82, 2.24) is 4.90 Å². The largest absolute Gasteiger partial charge is 0.482 e. The highest BCUT2D eigenvalue weighted by molar-refractivity contribution is 6.42. The van der Waals surface area contributed by atoms with E-state index in [1.165, 1.54) is 6.42 Å². The van der Waals surface area contributed by atoms with E-state index in [9.17, 15) is 4.79 Å². The van der Waals surface area contributed by atoms with E-state index in [0.717, 1.165) is 19.4 Å². The lowest BCUT2D eigenvalue weighted by atomic mass is 9.65. The molecule has 126 valence electrons. The summed E-state index contributed by atoms with van der Waals surface area (Å²) < 4.78 is 5.62. The van der Waals surface area contributed by atoms with E-state index in [1.807, 2.05) is 4.90 Å². The lowest BCUT2D eigenvalue weighted by Crippen LogP contribution is -2.40. The molecular weight excluding hydrogens is 333 g/mol. The number of rotatable bonds is 3. The third-order valence-corrected chi connectivity index (χ3v) is 5.80. The van der Waals surface area contributed by atoms with E-state index in [2.05, 4.69) is 20.8 Å². The Morgan fingerprint density at radius 1 is 1.30 bits per heavy atom. The van der Waals surface area contributed by atoms with Crippen LogP contribution >= 0.6 is 23.2 Å². The Morgan fingerprint density at radius 3 is 2.78 bits per heavy atom. The second-order valence-corrected chi connectivity index (χ2v) is 8.86. The molecule has 1 aliphatic carbocycles. The second-order valence-electron chi connectivity index (χ2n) is 8.08. The molecule has 2 atom stereocenters. The van der Waals surface area contributed by atoms with Crippen molar-refractivity contribution in [3.63, 3.8) is 0 Å². The van der Waals surface area contributed by atoms with E-state index in [4.69, 9.17) is 27.9 Å². The predicted molar refractivity (Wildman–Crippen MR) is 93.2 cm³/mol. The van der Waals surface area contributed by atoms with Crippen LogP contribution in [-0.4, -0.2) is 30.0 Å². The molecule has 3 rings (SSSR count). The Kier molecular flexibility index (Phi) is 4.31. The van der Waals surface area contributed by atoms with Crippen molar-refractivity contribution in [2.24, 2.45) is 10.8 Å². The van der Waals surface area contributed by atoms with Crippen LogP contribution < -0.4 is 4.74 Å². The molecule has 1 amide bonds. The Morgan fingerprint density at radius 2 is 2.04 bits per heavy atom. The number of benzene rings is 1. The Hall–Kier alpha value is -0.930. The summed E-state index contributed by atoms with van der Waals surface area (Å²) in [6.45, 7) is 7.73. The molecule has 1 heterocycles. The zero-order valence-corrected chi connectivity index (χ0v) is 15.4. The first-order valence-corrected chi connectivity index (χ1v) is 8.81. The highest BCUT2D eigenvalue weighted by Gasteiger charge is 2.50. The maximum Gasteiger partial charge on any atom is 0.260 e. The molecule has 1 aromatic carbocycles. The number of hydrogen-bond donors (Lipinski definition) is 0. The smallest absolute Gasteiger partial charge is 0.260 e. The van der Waals surface area contributed by atoms with Crippen molar-refractivity contribution in [3.05, 3.63) is 28.2 Å². The van der Waals surface area contributed by atoms with Crippen LogP contribution in [0.3, 0.4) is 0 Å². The fourth-order valence-corrected chi connectivity index (χ4v) is 4.92. The van der Waals surface area contributed by atoms with Gasteiger partial charge in [0.05, 0.1) is 5.02 Å². The van der Waals surface area contributed by atoms with Crippen molar-refractivity contribution < 1.29 is 9.53 Å². The quantitative estimate of drug-likeness (QED) is 0.779. The van der Waals surface area contributed by atoms with Gasteiger partial charge < -0.3 is 9.64 Å². The Labute approximate surface area is 147 Å². The van der Waals surface area contributed by atoms with E-state index in [-0.39, 0.29) is 17.9 Å². The summed E-state index contributed by atoms with van der Waals surface area (Å²) in [7, 11) is 0. The van der Waals surface area contributed by atoms with E-state index < -0.39 is 0 Å². The van der Waals surface area contributed by atoms with Gasteiger partial charge in [-0.05, 0) is 42.2 Å². The van der Waals surface area contributed by atoms with Crippen LogP contribution in [0.15, 0.2) is 18.2 Å². The zero-order valence-electron chi connectivity index (χ0n) is 13.9. The molecule has 1 aliphatic heterocycles. The summed E-state index contributed by atoms with van der Waals surface area (Å²) in [6.07, 6.45) is 3.33. The number of carbonyl (C=O) groups excluding carboxylic acids is 1. The first-order chi connectivity index (χ1) is 10.7. The molecule has 2 aliphatic rings. The minimum atomic E-state index is 0.00701. The molecule has 0 radical (unpaired) electrons. The Balaban J connectivity index is 1.67. The number of ether oxygens (including phenoxy) is 1. The summed E-state index contributed by atoms with van der Waals surface area (Å²) in [4.78, 5) is 14.6. The SMILES string of the molecule is CC1(C)C[C@@H]2C[C@](C)(CN2C(=O)COc2cccc(Cl)c2Cl)C1. The molecule has 0 N–H and O–H groups in total. The van der Waals surface area contributed by atoms with E-state index in [0.29, 0.717) is 27.3 Å². The number of halogens is 2. The van der Waals surface area contributed by atoms with Crippen LogP contribution in [0.25, 0.3) is 0 Å². The fraction of sp³-hybridized carbons (Fsp3) is 0.611. The molecule has 3 nitrogen and oxygen atoms in total. The van der Waals surface area contributed by atoms with Gasteiger partial charge in [-0.2, -0.15) is 0 Å². The van der Waals surface area contributed by atoms with Crippen LogP contribution in [0.4, 0.5) is 0 Å². The Bertz CT molecular complexity index is 631. The molecule has 1 saturated heterocycles. The second kappa shape index (κ2) is 5.86. The summed E-state index contributed by atoms with van der Waals surface area (Å²) in [5.74, 6) is 0.494. The lowest BCUT2D eigenvalue weighted by molar-refractivity contribution is -0.134. The number of carbonyl (C=O) groups is 1. The van der Waals surface area contributed by atoms with Crippen LogP contribution in [0.2, 0.25) is 10.0 Å². The third kappa shape index (κ3) is 3.46. The maximum atomic E-state index is 12.6. The van der Waals surface area contributed by atoms with Gasteiger partial charge in [-0.3, -0.25) is 4.79 Å². The minimum Gasteiger partial charge on any atom is -0.482 e. The van der Waals surface area contributed by atoms with E-state index in [1.54, 1.807) is 18.2 Å². The number of likely N-dealkylation sites (tertiary alicyclic amines) is 1. The number of amides is 1. The van der Waals surface area contributed by atoms with Gasteiger partial charge in [0.2, 0.25) is 0 Å². The molecule has 1 aromatic rings. The normalized spacial score (nSPS) is 28.7. The lowest BCUT2D eigenvalue weighted by Gasteiger charge is -2.39. The van der Waals surface area contributed by atoms with Gasteiger partial charge in [0.1, 0.15) is 10.8 Å². The van der Waals surface area contributed by atoms with Crippen molar-refractivity contribution in [2.45, 2.75) is 46.1 Å². The molecule has 2 bridgehead atoms. The fourth-order valence-electron chi connectivity index (χ4n) is 4.57. The molecule has 1 saturated carbocycles. The van der Waals surface area contributed by atoms with Gasteiger partial charge in [0.15, 0.2) is 6.61 Å². The molecule has 5 heteroatoms. The van der Waals surface area contributed by atoms with Gasteiger partial charge in [-0.1, -0.05) is 50.0 Å². The summed E-state index contributed by atoms with van der Waals surface area (Å²) in [5.41, 5.74) is 0.527. The highest BCUT2D eigenvalue weighted by Crippen LogP contribution is 2.52. The zero-order chi connectivity index (χ0) is 16.8. The van der Waals surface area contributed by atoms with E-state index >= 15 is 0 Å². The van der Waals surface area contributed by atoms with Gasteiger partial charge in [0.25, 0.3) is 5.91 Å². The topological polar surface area (TPSA) is 29.5 Å². The van der Waals surface area contributed by atoms with Crippen molar-refractivity contribution in [2.75, 3.05) is 13.2 Å². The first-order valence-electron chi connectivity index (χ1n) is 8.05.